The minimum absolute atomic E-state index is 0.0349. The van der Waals surface area contributed by atoms with E-state index in [4.69, 9.17) is 23.2 Å². The van der Waals surface area contributed by atoms with E-state index >= 15 is 0 Å². The van der Waals surface area contributed by atoms with Crippen LogP contribution in [0.15, 0.2) is 59.5 Å². The van der Waals surface area contributed by atoms with Gasteiger partial charge in [0.25, 0.3) is 10.0 Å². The fourth-order valence-corrected chi connectivity index (χ4v) is 7.13. The summed E-state index contributed by atoms with van der Waals surface area (Å²) in [5, 5.41) is 5.43. The van der Waals surface area contributed by atoms with E-state index in [-0.39, 0.29) is 48.7 Å². The Morgan fingerprint density at radius 2 is 1.74 bits per heavy atom. The van der Waals surface area contributed by atoms with Gasteiger partial charge in [0.05, 0.1) is 10.6 Å². The molecule has 1 heterocycles. The van der Waals surface area contributed by atoms with Crippen molar-refractivity contribution in [3.8, 4) is 0 Å². The monoisotopic (exact) mass is 589 g/mol. The smallest absolute Gasteiger partial charge is 0.265 e. The lowest BCUT2D eigenvalue weighted by molar-refractivity contribution is -0.141. The zero-order valence-electron chi connectivity index (χ0n) is 22.3. The number of hydrogen-bond donors (Lipinski definition) is 1. The molecular weight excluding hydrogens is 557 g/mol. The summed E-state index contributed by atoms with van der Waals surface area (Å²) in [6, 6.07) is 15.1. The van der Waals surface area contributed by atoms with Crippen molar-refractivity contribution in [3.05, 3.63) is 70.2 Å². The lowest BCUT2D eigenvalue weighted by Gasteiger charge is -2.32. The minimum Gasteiger partial charge on any atom is -0.352 e. The number of carbonyl (C=O) groups excluding carboxylic acids is 2. The number of sulfonamides is 1. The van der Waals surface area contributed by atoms with Crippen molar-refractivity contribution in [2.24, 2.45) is 0 Å². The number of benzene rings is 3. The molecule has 2 amide bonds. The van der Waals surface area contributed by atoms with Crippen molar-refractivity contribution in [2.75, 3.05) is 10.8 Å². The van der Waals surface area contributed by atoms with Crippen molar-refractivity contribution in [3.63, 3.8) is 0 Å². The topological polar surface area (TPSA) is 86.8 Å². The maximum Gasteiger partial charge on any atom is 0.265 e. The van der Waals surface area contributed by atoms with Crippen molar-refractivity contribution in [2.45, 2.75) is 70.0 Å². The van der Waals surface area contributed by atoms with Gasteiger partial charge in [0.15, 0.2) is 0 Å². The van der Waals surface area contributed by atoms with Crippen LogP contribution in [-0.2, 0) is 26.2 Å². The zero-order chi connectivity index (χ0) is 28.3. The van der Waals surface area contributed by atoms with Crippen LogP contribution < -0.4 is 9.62 Å². The fraction of sp³-hybridized carbons (Fsp3) is 0.379. The van der Waals surface area contributed by atoms with E-state index in [0.717, 1.165) is 11.8 Å². The minimum atomic E-state index is -3.71. The molecule has 1 aliphatic rings. The van der Waals surface area contributed by atoms with Crippen LogP contribution in [0.1, 0.15) is 52.0 Å². The van der Waals surface area contributed by atoms with E-state index in [1.54, 1.807) is 41.3 Å². The number of nitrogens with one attached hydrogen (secondary N) is 1. The van der Waals surface area contributed by atoms with Gasteiger partial charge in [-0.1, -0.05) is 67.4 Å². The van der Waals surface area contributed by atoms with Gasteiger partial charge in [0.1, 0.15) is 6.04 Å². The van der Waals surface area contributed by atoms with Gasteiger partial charge < -0.3 is 10.2 Å². The molecule has 0 bridgehead atoms. The van der Waals surface area contributed by atoms with Crippen molar-refractivity contribution < 1.29 is 18.0 Å². The third-order valence-corrected chi connectivity index (χ3v) is 9.62. The van der Waals surface area contributed by atoms with Crippen molar-refractivity contribution in [1.82, 2.24) is 10.2 Å². The summed E-state index contributed by atoms with van der Waals surface area (Å²) in [6.45, 7) is 6.04. The maximum atomic E-state index is 13.6. The molecule has 0 radical (unpaired) electrons. The quantitative estimate of drug-likeness (QED) is 0.290. The van der Waals surface area contributed by atoms with Crippen LogP contribution >= 0.6 is 23.2 Å². The molecule has 0 saturated heterocycles. The number of carbonyl (C=O) groups is 2. The molecule has 0 spiro atoms. The Kier molecular flexibility index (Phi) is 9.09. The predicted octanol–water partition coefficient (Wildman–Crippen LogP) is 6.16. The molecule has 0 saturated carbocycles. The molecule has 2 atom stereocenters. The second-order valence-corrected chi connectivity index (χ2v) is 12.5. The number of hydrogen-bond acceptors (Lipinski definition) is 4. The van der Waals surface area contributed by atoms with E-state index < -0.39 is 16.1 Å². The highest BCUT2D eigenvalue weighted by atomic mass is 35.5. The van der Waals surface area contributed by atoms with Gasteiger partial charge in [-0.15, -0.1) is 0 Å². The Hall–Kier alpha value is -2.81. The molecule has 4 rings (SSSR count). The van der Waals surface area contributed by atoms with Gasteiger partial charge in [-0.2, -0.15) is 0 Å². The van der Waals surface area contributed by atoms with Gasteiger partial charge in [0, 0.05) is 41.0 Å². The molecule has 1 N–H and O–H groups in total. The molecule has 0 fully saturated rings. The van der Waals surface area contributed by atoms with E-state index in [9.17, 15) is 18.0 Å². The highest BCUT2D eigenvalue weighted by Gasteiger charge is 2.35. The molecule has 3 aromatic carbocycles. The SMILES string of the molecule is CC[C@@H](C)NC(=O)[C@H](CC)N(Cc1ccc(Cl)cc1Cl)C(=O)CCCN1c2cccc3cccc(c23)S1(=O)=O. The lowest BCUT2D eigenvalue weighted by Crippen LogP contribution is -2.50. The summed E-state index contributed by atoms with van der Waals surface area (Å²) in [5.41, 5.74) is 1.30. The predicted molar refractivity (Wildman–Crippen MR) is 157 cm³/mol. The Morgan fingerprint density at radius 3 is 2.41 bits per heavy atom. The van der Waals surface area contributed by atoms with E-state index in [2.05, 4.69) is 5.32 Å². The first-order chi connectivity index (χ1) is 18.6. The Bertz CT molecular complexity index is 1490. The fourth-order valence-electron chi connectivity index (χ4n) is 4.91. The second kappa shape index (κ2) is 12.1. The summed E-state index contributed by atoms with van der Waals surface area (Å²) < 4.78 is 28.0. The third kappa shape index (κ3) is 6.03. The number of anilines is 1. The largest absolute Gasteiger partial charge is 0.352 e. The standard InChI is InChI=1S/C29H33Cl2N3O4S/c1-4-19(3)32-29(36)24(5-2)33(18-21-14-15-22(30)17-23(21)31)27(35)13-8-16-34-25-11-6-9-20-10-7-12-26(28(20)25)39(34,37)38/h6-7,9-12,14-15,17,19,24H,4-5,8,13,16,18H2,1-3H3,(H,32,36)/t19-,24+/m1/s1. The summed E-state index contributed by atoms with van der Waals surface area (Å²) in [4.78, 5) is 28.6. The Labute approximate surface area is 240 Å². The Morgan fingerprint density at radius 1 is 1.03 bits per heavy atom. The van der Waals surface area contributed by atoms with Crippen LogP contribution in [0.25, 0.3) is 10.8 Å². The molecular formula is C29H33Cl2N3O4S. The van der Waals surface area contributed by atoms with Gasteiger partial charge in [-0.3, -0.25) is 13.9 Å². The second-order valence-electron chi connectivity index (χ2n) is 9.81. The van der Waals surface area contributed by atoms with E-state index in [1.807, 2.05) is 39.0 Å². The maximum absolute atomic E-state index is 13.6. The highest BCUT2D eigenvalue weighted by molar-refractivity contribution is 7.93. The molecule has 0 unspecified atom stereocenters. The van der Waals surface area contributed by atoms with Crippen LogP contribution in [-0.4, -0.2) is 43.8 Å². The first-order valence-electron chi connectivity index (χ1n) is 13.2. The molecule has 3 aromatic rings. The molecule has 0 aromatic heterocycles. The molecule has 39 heavy (non-hydrogen) atoms. The van der Waals surface area contributed by atoms with E-state index in [1.165, 1.54) is 4.31 Å². The molecule has 208 valence electrons. The van der Waals surface area contributed by atoms with Gasteiger partial charge in [-0.05, 0) is 61.4 Å². The Balaban J connectivity index is 1.54. The van der Waals surface area contributed by atoms with Crippen molar-refractivity contribution in [1.29, 1.82) is 0 Å². The molecule has 1 aliphatic heterocycles. The molecule has 0 aliphatic carbocycles. The van der Waals surface area contributed by atoms with Crippen LogP contribution in [0.4, 0.5) is 5.69 Å². The highest BCUT2D eigenvalue weighted by Crippen LogP contribution is 2.42. The van der Waals surface area contributed by atoms with Crippen molar-refractivity contribution >= 4 is 61.5 Å². The summed E-state index contributed by atoms with van der Waals surface area (Å²) in [7, 11) is -3.71. The lowest BCUT2D eigenvalue weighted by atomic mass is 10.1. The van der Waals surface area contributed by atoms with E-state index in [0.29, 0.717) is 33.1 Å². The zero-order valence-corrected chi connectivity index (χ0v) is 24.6. The number of amides is 2. The summed E-state index contributed by atoms with van der Waals surface area (Å²) in [5.74, 6) is -0.478. The average molecular weight is 591 g/mol. The number of nitrogens with zero attached hydrogens (tertiary/aromatic N) is 2. The van der Waals surface area contributed by atoms with Gasteiger partial charge in [-0.25, -0.2) is 8.42 Å². The van der Waals surface area contributed by atoms with Crippen LogP contribution in [0, 0.1) is 0 Å². The van der Waals surface area contributed by atoms with Gasteiger partial charge in [0.2, 0.25) is 11.8 Å². The van der Waals surface area contributed by atoms with Gasteiger partial charge >= 0.3 is 0 Å². The summed E-state index contributed by atoms with van der Waals surface area (Å²) in [6.07, 6.45) is 1.53. The first kappa shape index (κ1) is 29.2. The van der Waals surface area contributed by atoms with Crippen LogP contribution in [0.2, 0.25) is 10.0 Å². The number of rotatable bonds is 11. The number of halogens is 2. The van der Waals surface area contributed by atoms with Crippen LogP contribution in [0.5, 0.6) is 0 Å². The normalized spacial score (nSPS) is 15.3. The molecule has 10 heteroatoms. The average Bonchev–Trinajstić information content (AvgIpc) is 3.12. The summed E-state index contributed by atoms with van der Waals surface area (Å²) >= 11 is 12.5. The first-order valence-corrected chi connectivity index (χ1v) is 15.4. The van der Waals surface area contributed by atoms with Crippen LogP contribution in [0.3, 0.4) is 0 Å². The third-order valence-electron chi connectivity index (χ3n) is 7.18. The molecule has 7 nitrogen and oxygen atoms in total.